The summed E-state index contributed by atoms with van der Waals surface area (Å²) < 4.78 is 0. The van der Waals surface area contributed by atoms with Crippen molar-refractivity contribution in [3.05, 3.63) is 35.9 Å². The summed E-state index contributed by atoms with van der Waals surface area (Å²) >= 11 is 0. The van der Waals surface area contributed by atoms with E-state index in [1.807, 2.05) is 0 Å². The van der Waals surface area contributed by atoms with Crippen LogP contribution in [-0.4, -0.2) is 41.3 Å². The number of nitrogens with one attached hydrogen (secondary N) is 2. The van der Waals surface area contributed by atoms with Crippen LogP contribution >= 0.6 is 0 Å². The largest absolute Gasteiger partial charge is 0.480 e. The fraction of sp³-hybridized carbons (Fsp3) is 0.412. The van der Waals surface area contributed by atoms with E-state index in [0.717, 1.165) is 0 Å². The van der Waals surface area contributed by atoms with Gasteiger partial charge in [0, 0.05) is 18.4 Å². The minimum Gasteiger partial charge on any atom is -0.480 e. The summed E-state index contributed by atoms with van der Waals surface area (Å²) in [7, 11) is 0. The van der Waals surface area contributed by atoms with E-state index >= 15 is 0 Å². The topological polar surface area (TPSA) is 113 Å². The number of carboxylic acids is 1. The van der Waals surface area contributed by atoms with E-state index in [1.165, 1.54) is 0 Å². The average Bonchev–Trinajstić information content (AvgIpc) is 2.58. The average molecular weight is 332 g/mol. The van der Waals surface area contributed by atoms with E-state index in [0.29, 0.717) is 24.8 Å². The predicted molar refractivity (Wildman–Crippen MR) is 85.3 cm³/mol. The van der Waals surface area contributed by atoms with Gasteiger partial charge in [-0.2, -0.15) is 0 Å². The van der Waals surface area contributed by atoms with Crippen LogP contribution in [0, 0.1) is 5.92 Å². The summed E-state index contributed by atoms with van der Waals surface area (Å²) in [4.78, 5) is 46.7. The molecule has 1 aliphatic rings. The van der Waals surface area contributed by atoms with Crippen molar-refractivity contribution in [2.24, 2.45) is 5.92 Å². The molecule has 128 valence electrons. The molecule has 2 amide bonds. The summed E-state index contributed by atoms with van der Waals surface area (Å²) in [5, 5.41) is 14.2. The summed E-state index contributed by atoms with van der Waals surface area (Å²) in [5.41, 5.74) is 0.415. The zero-order valence-electron chi connectivity index (χ0n) is 13.2. The van der Waals surface area contributed by atoms with E-state index in [1.54, 1.807) is 30.3 Å². The van der Waals surface area contributed by atoms with Crippen LogP contribution in [0.15, 0.2) is 30.3 Å². The van der Waals surface area contributed by atoms with E-state index in [2.05, 4.69) is 10.6 Å². The third-order valence-corrected chi connectivity index (χ3v) is 4.02. The van der Waals surface area contributed by atoms with E-state index < -0.39 is 29.7 Å². The van der Waals surface area contributed by atoms with Crippen LogP contribution < -0.4 is 10.6 Å². The minimum absolute atomic E-state index is 0.0177. The molecule has 1 fully saturated rings. The van der Waals surface area contributed by atoms with Crippen molar-refractivity contribution >= 4 is 23.6 Å². The number of rotatable bonds is 6. The molecule has 1 saturated carbocycles. The SMILES string of the molecule is O=C1CCC[C@H]([C@@H](NC(=O)CNC(=O)c2ccccc2)C(=O)O)C1. The maximum atomic E-state index is 11.9. The molecule has 0 bridgehead atoms. The maximum absolute atomic E-state index is 11.9. The molecular weight excluding hydrogens is 312 g/mol. The van der Waals surface area contributed by atoms with E-state index in [-0.39, 0.29) is 18.7 Å². The van der Waals surface area contributed by atoms with Crippen molar-refractivity contribution in [3.8, 4) is 0 Å². The summed E-state index contributed by atoms with van der Waals surface area (Å²) in [6.07, 6.45) is 1.84. The third kappa shape index (κ3) is 4.91. The van der Waals surface area contributed by atoms with Crippen LogP contribution in [0.2, 0.25) is 0 Å². The molecule has 1 aliphatic carbocycles. The van der Waals surface area contributed by atoms with Crippen LogP contribution in [0.25, 0.3) is 0 Å². The molecule has 1 aromatic rings. The number of carbonyl (C=O) groups is 4. The minimum atomic E-state index is -1.17. The normalized spacial score (nSPS) is 18.5. The second kappa shape index (κ2) is 8.24. The fourth-order valence-electron chi connectivity index (χ4n) is 2.80. The smallest absolute Gasteiger partial charge is 0.326 e. The van der Waals surface area contributed by atoms with Gasteiger partial charge in [-0.1, -0.05) is 18.2 Å². The van der Waals surface area contributed by atoms with Gasteiger partial charge in [-0.15, -0.1) is 0 Å². The zero-order chi connectivity index (χ0) is 17.5. The monoisotopic (exact) mass is 332 g/mol. The van der Waals surface area contributed by atoms with Gasteiger partial charge in [-0.3, -0.25) is 14.4 Å². The zero-order valence-corrected chi connectivity index (χ0v) is 13.2. The predicted octanol–water partition coefficient (Wildman–Crippen LogP) is 0.745. The summed E-state index contributed by atoms with van der Waals surface area (Å²) in [5.74, 6) is -2.56. The Hall–Kier alpha value is -2.70. The number of carboxylic acid groups (broad SMARTS) is 1. The molecule has 0 aromatic heterocycles. The number of carbonyl (C=O) groups excluding carboxylic acids is 3. The third-order valence-electron chi connectivity index (χ3n) is 4.02. The van der Waals surface area contributed by atoms with Crippen LogP contribution in [0.4, 0.5) is 0 Å². The Morgan fingerprint density at radius 1 is 1.21 bits per heavy atom. The van der Waals surface area contributed by atoms with Crippen molar-refractivity contribution in [1.82, 2.24) is 10.6 Å². The molecule has 3 N–H and O–H groups in total. The van der Waals surface area contributed by atoms with Crippen molar-refractivity contribution in [2.75, 3.05) is 6.54 Å². The van der Waals surface area contributed by atoms with Gasteiger partial charge < -0.3 is 15.7 Å². The van der Waals surface area contributed by atoms with Crippen molar-refractivity contribution < 1.29 is 24.3 Å². The lowest BCUT2D eigenvalue weighted by Gasteiger charge is -2.27. The Balaban J connectivity index is 1.88. The second-order valence-corrected chi connectivity index (χ2v) is 5.83. The number of amides is 2. The number of ketones is 1. The lowest BCUT2D eigenvalue weighted by molar-refractivity contribution is -0.144. The molecule has 7 nitrogen and oxygen atoms in total. The van der Waals surface area contributed by atoms with Crippen molar-refractivity contribution in [2.45, 2.75) is 31.7 Å². The molecule has 0 radical (unpaired) electrons. The van der Waals surface area contributed by atoms with Gasteiger partial charge in [-0.05, 0) is 30.9 Å². The van der Waals surface area contributed by atoms with E-state index in [9.17, 15) is 24.3 Å². The Morgan fingerprint density at radius 3 is 2.54 bits per heavy atom. The quantitative estimate of drug-likeness (QED) is 0.711. The number of hydrogen-bond acceptors (Lipinski definition) is 4. The van der Waals surface area contributed by atoms with Gasteiger partial charge >= 0.3 is 5.97 Å². The Labute approximate surface area is 139 Å². The summed E-state index contributed by atoms with van der Waals surface area (Å²) in [6, 6.07) is 7.29. The molecule has 0 heterocycles. The van der Waals surface area contributed by atoms with Gasteiger partial charge in [0.2, 0.25) is 5.91 Å². The number of aliphatic carboxylic acids is 1. The lowest BCUT2D eigenvalue weighted by atomic mass is 9.83. The van der Waals surface area contributed by atoms with Gasteiger partial charge in [0.1, 0.15) is 11.8 Å². The van der Waals surface area contributed by atoms with Crippen molar-refractivity contribution in [3.63, 3.8) is 0 Å². The summed E-state index contributed by atoms with van der Waals surface area (Å²) in [6.45, 7) is -0.321. The highest BCUT2D eigenvalue weighted by molar-refractivity contribution is 5.96. The highest BCUT2D eigenvalue weighted by Gasteiger charge is 2.33. The Kier molecular flexibility index (Phi) is 6.06. The van der Waals surface area contributed by atoms with Crippen LogP contribution in [0.3, 0.4) is 0 Å². The molecule has 2 atom stereocenters. The first-order chi connectivity index (χ1) is 11.5. The maximum Gasteiger partial charge on any atom is 0.326 e. The molecule has 0 unspecified atom stereocenters. The van der Waals surface area contributed by atoms with Crippen LogP contribution in [0.1, 0.15) is 36.0 Å². The van der Waals surface area contributed by atoms with Gasteiger partial charge in [-0.25, -0.2) is 4.79 Å². The number of hydrogen-bond donors (Lipinski definition) is 3. The Morgan fingerprint density at radius 2 is 1.92 bits per heavy atom. The molecule has 0 spiro atoms. The highest BCUT2D eigenvalue weighted by Crippen LogP contribution is 2.24. The highest BCUT2D eigenvalue weighted by atomic mass is 16.4. The second-order valence-electron chi connectivity index (χ2n) is 5.83. The number of benzene rings is 1. The lowest BCUT2D eigenvalue weighted by Crippen LogP contribution is -2.50. The van der Waals surface area contributed by atoms with Gasteiger partial charge in [0.05, 0.1) is 6.54 Å². The molecular formula is C17H20N2O5. The molecule has 7 heteroatoms. The van der Waals surface area contributed by atoms with Gasteiger partial charge in [0.25, 0.3) is 5.91 Å². The number of Topliss-reactive ketones (excluding diaryl/α,β-unsaturated/α-hetero) is 1. The fourth-order valence-corrected chi connectivity index (χ4v) is 2.80. The van der Waals surface area contributed by atoms with Gasteiger partial charge in [0.15, 0.2) is 0 Å². The molecule has 2 rings (SSSR count). The standard InChI is InChI=1S/C17H20N2O5/c20-13-8-4-7-12(9-13)15(17(23)24)19-14(21)10-18-16(22)11-5-2-1-3-6-11/h1-3,5-6,12,15H,4,7-10H2,(H,18,22)(H,19,21)(H,23,24)/t12-,15+/m0/s1. The molecule has 1 aromatic carbocycles. The first-order valence-electron chi connectivity index (χ1n) is 7.84. The van der Waals surface area contributed by atoms with Crippen LogP contribution in [0.5, 0.6) is 0 Å². The van der Waals surface area contributed by atoms with Crippen molar-refractivity contribution in [1.29, 1.82) is 0 Å². The molecule has 24 heavy (non-hydrogen) atoms. The van der Waals surface area contributed by atoms with Crippen LogP contribution in [-0.2, 0) is 14.4 Å². The Bertz CT molecular complexity index is 629. The molecule has 0 aliphatic heterocycles. The van der Waals surface area contributed by atoms with E-state index in [4.69, 9.17) is 0 Å². The first kappa shape index (κ1) is 17.7. The first-order valence-corrected chi connectivity index (χ1v) is 7.84. The molecule has 0 saturated heterocycles.